The van der Waals surface area contributed by atoms with Crippen LogP contribution in [0.3, 0.4) is 0 Å². The number of nitrogens with zero attached hydrogens (tertiary/aromatic N) is 1. The maximum atomic E-state index is 12.6. The largest absolute Gasteiger partial charge is 0.497 e. The van der Waals surface area contributed by atoms with Gasteiger partial charge in [0.05, 0.1) is 26.5 Å². The van der Waals surface area contributed by atoms with E-state index in [-0.39, 0.29) is 11.3 Å². The van der Waals surface area contributed by atoms with Gasteiger partial charge in [0.2, 0.25) is 5.91 Å². The van der Waals surface area contributed by atoms with Crippen molar-refractivity contribution >= 4 is 28.4 Å². The average Bonchev–Trinajstić information content (AvgIpc) is 3.13. The van der Waals surface area contributed by atoms with Gasteiger partial charge in [0.15, 0.2) is 0 Å². The van der Waals surface area contributed by atoms with Gasteiger partial charge in [0.1, 0.15) is 29.2 Å². The van der Waals surface area contributed by atoms with Crippen molar-refractivity contribution in [2.45, 2.75) is 5.37 Å². The van der Waals surface area contributed by atoms with Gasteiger partial charge in [-0.2, -0.15) is 0 Å². The summed E-state index contributed by atoms with van der Waals surface area (Å²) in [5.41, 5.74) is 1.13. The average molecular weight is 410 g/mol. The van der Waals surface area contributed by atoms with Crippen LogP contribution in [0, 0.1) is 0 Å². The molecule has 5 nitrogen and oxygen atoms in total. The molecule has 0 N–H and O–H groups in total. The normalized spacial score (nSPS) is 16.3. The molecule has 1 heterocycles. The van der Waals surface area contributed by atoms with Crippen molar-refractivity contribution in [2.75, 3.05) is 33.1 Å². The third kappa shape index (κ3) is 3.98. The zero-order valence-electron chi connectivity index (χ0n) is 16.5. The predicted molar refractivity (Wildman–Crippen MR) is 116 cm³/mol. The van der Waals surface area contributed by atoms with Crippen molar-refractivity contribution in [1.82, 2.24) is 4.90 Å². The Labute approximate surface area is 174 Å². The molecular weight excluding hydrogens is 386 g/mol. The maximum Gasteiger partial charge on any atom is 0.233 e. The van der Waals surface area contributed by atoms with E-state index in [1.807, 2.05) is 47.4 Å². The fourth-order valence-corrected chi connectivity index (χ4v) is 4.83. The van der Waals surface area contributed by atoms with E-state index in [0.717, 1.165) is 33.6 Å². The Kier molecular flexibility index (Phi) is 5.81. The van der Waals surface area contributed by atoms with Gasteiger partial charge >= 0.3 is 0 Å². The molecule has 0 saturated carbocycles. The molecule has 6 heteroatoms. The van der Waals surface area contributed by atoms with Crippen LogP contribution in [0.5, 0.6) is 17.2 Å². The van der Waals surface area contributed by atoms with E-state index < -0.39 is 0 Å². The van der Waals surface area contributed by atoms with Crippen LogP contribution in [0.1, 0.15) is 10.9 Å². The Morgan fingerprint density at radius 2 is 1.66 bits per heavy atom. The first-order valence-corrected chi connectivity index (χ1v) is 10.5. The molecule has 1 aliphatic rings. The Balaban J connectivity index is 1.52. The summed E-state index contributed by atoms with van der Waals surface area (Å²) in [7, 11) is 3.31. The molecule has 29 heavy (non-hydrogen) atoms. The molecule has 150 valence electrons. The molecule has 3 aromatic carbocycles. The number of thioether (sulfide) groups is 1. The second-order valence-corrected chi connectivity index (χ2v) is 7.75. The molecule has 1 fully saturated rings. The topological polar surface area (TPSA) is 48.0 Å². The second-order valence-electron chi connectivity index (χ2n) is 6.68. The highest BCUT2D eigenvalue weighted by Gasteiger charge is 2.33. The van der Waals surface area contributed by atoms with E-state index in [0.29, 0.717) is 18.9 Å². The zero-order valence-corrected chi connectivity index (χ0v) is 17.3. The molecule has 1 amide bonds. The molecule has 0 spiro atoms. The van der Waals surface area contributed by atoms with Crippen molar-refractivity contribution < 1.29 is 19.0 Å². The molecule has 0 radical (unpaired) electrons. The van der Waals surface area contributed by atoms with Crippen molar-refractivity contribution in [1.29, 1.82) is 0 Å². The summed E-state index contributed by atoms with van der Waals surface area (Å²) >= 11 is 1.65. The van der Waals surface area contributed by atoms with Crippen LogP contribution >= 0.6 is 11.8 Å². The number of methoxy groups -OCH3 is 2. The highest BCUT2D eigenvalue weighted by Crippen LogP contribution is 2.43. The summed E-state index contributed by atoms with van der Waals surface area (Å²) in [6.07, 6.45) is 0. The molecule has 0 aromatic heterocycles. The van der Waals surface area contributed by atoms with E-state index in [4.69, 9.17) is 14.2 Å². The van der Waals surface area contributed by atoms with Crippen molar-refractivity contribution in [2.24, 2.45) is 0 Å². The molecule has 0 aliphatic carbocycles. The SMILES string of the molecule is COc1ccc(OCCN2C(=O)CSC2c2ccc(OC)c3ccccc23)cc1. The number of ether oxygens (including phenoxy) is 3. The Hall–Kier alpha value is -2.86. The Bertz CT molecular complexity index is 1010. The van der Waals surface area contributed by atoms with Gasteiger partial charge in [0, 0.05) is 5.39 Å². The lowest BCUT2D eigenvalue weighted by atomic mass is 10.0. The van der Waals surface area contributed by atoms with E-state index in [1.54, 1.807) is 26.0 Å². The van der Waals surface area contributed by atoms with Crippen LogP contribution in [0.15, 0.2) is 60.7 Å². The van der Waals surface area contributed by atoms with E-state index in [2.05, 4.69) is 18.2 Å². The van der Waals surface area contributed by atoms with E-state index in [9.17, 15) is 4.79 Å². The fourth-order valence-electron chi connectivity index (χ4n) is 3.58. The van der Waals surface area contributed by atoms with Crippen LogP contribution in [0.25, 0.3) is 10.8 Å². The second kappa shape index (κ2) is 8.66. The molecule has 1 unspecified atom stereocenters. The number of hydrogen-bond donors (Lipinski definition) is 0. The number of rotatable bonds is 7. The van der Waals surface area contributed by atoms with E-state index in [1.165, 1.54) is 0 Å². The van der Waals surface area contributed by atoms with Gasteiger partial charge in [-0.25, -0.2) is 0 Å². The van der Waals surface area contributed by atoms with E-state index >= 15 is 0 Å². The third-order valence-electron chi connectivity index (χ3n) is 5.03. The number of amides is 1. The molecule has 0 bridgehead atoms. The van der Waals surface area contributed by atoms with Gasteiger partial charge in [-0.15, -0.1) is 11.8 Å². The van der Waals surface area contributed by atoms with Gasteiger partial charge in [-0.3, -0.25) is 4.79 Å². The molecule has 1 saturated heterocycles. The minimum atomic E-state index is -0.0298. The Morgan fingerprint density at radius 1 is 0.931 bits per heavy atom. The summed E-state index contributed by atoms with van der Waals surface area (Å²) in [4.78, 5) is 14.5. The summed E-state index contributed by atoms with van der Waals surface area (Å²) < 4.78 is 16.5. The molecule has 1 atom stereocenters. The van der Waals surface area contributed by atoms with Crippen LogP contribution in [0.4, 0.5) is 0 Å². The first-order chi connectivity index (χ1) is 14.2. The minimum absolute atomic E-state index is 0.0298. The monoisotopic (exact) mass is 409 g/mol. The number of fused-ring (bicyclic) bond motifs is 1. The molecule has 4 rings (SSSR count). The summed E-state index contributed by atoms with van der Waals surface area (Å²) in [6.45, 7) is 0.964. The standard InChI is InChI=1S/C23H23NO4S/c1-26-16-7-9-17(10-8-16)28-14-13-24-22(25)15-29-23(24)20-11-12-21(27-2)19-6-4-3-5-18(19)20/h3-12,23H,13-15H2,1-2H3. The van der Waals surface area contributed by atoms with Gasteiger partial charge in [-0.05, 0) is 41.3 Å². The highest BCUT2D eigenvalue weighted by atomic mass is 32.2. The molecule has 1 aliphatic heterocycles. The summed E-state index contributed by atoms with van der Waals surface area (Å²) in [5.74, 6) is 3.01. The van der Waals surface area contributed by atoms with Crippen LogP contribution in [-0.2, 0) is 4.79 Å². The summed E-state index contributed by atoms with van der Waals surface area (Å²) in [5, 5.41) is 2.14. The summed E-state index contributed by atoms with van der Waals surface area (Å²) in [6, 6.07) is 19.7. The van der Waals surface area contributed by atoms with Crippen LogP contribution in [0.2, 0.25) is 0 Å². The smallest absolute Gasteiger partial charge is 0.233 e. The lowest BCUT2D eigenvalue weighted by molar-refractivity contribution is -0.128. The lowest BCUT2D eigenvalue weighted by Gasteiger charge is -2.25. The predicted octanol–water partition coefficient (Wildman–Crippen LogP) is 4.51. The van der Waals surface area contributed by atoms with Crippen LogP contribution < -0.4 is 14.2 Å². The maximum absolute atomic E-state index is 12.6. The van der Waals surface area contributed by atoms with Crippen LogP contribution in [-0.4, -0.2) is 43.9 Å². The van der Waals surface area contributed by atoms with Crippen molar-refractivity contribution in [3.8, 4) is 17.2 Å². The molecule has 3 aromatic rings. The number of hydrogen-bond acceptors (Lipinski definition) is 5. The number of benzene rings is 3. The minimum Gasteiger partial charge on any atom is -0.497 e. The first kappa shape index (κ1) is 19.5. The van der Waals surface area contributed by atoms with Crippen molar-refractivity contribution in [3.63, 3.8) is 0 Å². The highest BCUT2D eigenvalue weighted by molar-refractivity contribution is 8.00. The first-order valence-electron chi connectivity index (χ1n) is 9.45. The van der Waals surface area contributed by atoms with Gasteiger partial charge in [-0.1, -0.05) is 30.3 Å². The van der Waals surface area contributed by atoms with Gasteiger partial charge < -0.3 is 19.1 Å². The van der Waals surface area contributed by atoms with Gasteiger partial charge in [0.25, 0.3) is 0 Å². The third-order valence-corrected chi connectivity index (χ3v) is 6.27. The zero-order chi connectivity index (χ0) is 20.2. The fraction of sp³-hybridized carbons (Fsp3) is 0.261. The quantitative estimate of drug-likeness (QED) is 0.575. The molecular formula is C23H23NO4S. The lowest BCUT2D eigenvalue weighted by Crippen LogP contribution is -2.32. The Morgan fingerprint density at radius 3 is 2.38 bits per heavy atom. The van der Waals surface area contributed by atoms with Crippen molar-refractivity contribution in [3.05, 3.63) is 66.2 Å². The number of carbonyl (C=O) groups is 1. The number of carbonyl (C=O) groups excluding carboxylic acids is 1.